The van der Waals surface area contributed by atoms with Gasteiger partial charge in [-0.2, -0.15) is 13.2 Å². The highest BCUT2D eigenvalue weighted by Crippen LogP contribution is 2.21. The quantitative estimate of drug-likeness (QED) is 0.541. The molecule has 0 aromatic rings. The van der Waals surface area contributed by atoms with Crippen molar-refractivity contribution in [2.45, 2.75) is 25.4 Å². The minimum Gasteiger partial charge on any atom is -0.450 e. The van der Waals surface area contributed by atoms with Crippen molar-refractivity contribution in [3.8, 4) is 0 Å². The Labute approximate surface area is 67.1 Å². The van der Waals surface area contributed by atoms with Crippen molar-refractivity contribution in [2.24, 2.45) is 0 Å². The number of rotatable bonds is 4. The van der Waals surface area contributed by atoms with Gasteiger partial charge in [-0.25, -0.2) is 4.79 Å². The van der Waals surface area contributed by atoms with Crippen molar-refractivity contribution in [3.63, 3.8) is 0 Å². The van der Waals surface area contributed by atoms with Gasteiger partial charge in [0.15, 0.2) is 0 Å². The predicted octanol–water partition coefficient (Wildman–Crippen LogP) is 2.41. The van der Waals surface area contributed by atoms with E-state index in [2.05, 4.69) is 4.74 Å². The maximum absolute atomic E-state index is 11.5. The van der Waals surface area contributed by atoms with E-state index in [1.807, 2.05) is 0 Å². The van der Waals surface area contributed by atoms with Gasteiger partial charge in [-0.15, -0.1) is 0 Å². The van der Waals surface area contributed by atoms with Gasteiger partial charge < -0.3 is 9.84 Å². The van der Waals surface area contributed by atoms with Crippen LogP contribution in [0, 0.1) is 0 Å². The Morgan fingerprint density at radius 1 is 1.33 bits per heavy atom. The van der Waals surface area contributed by atoms with Gasteiger partial charge in [0, 0.05) is 6.42 Å². The molecule has 0 amide bonds. The first-order valence-electron chi connectivity index (χ1n) is 3.34. The van der Waals surface area contributed by atoms with Crippen LogP contribution < -0.4 is 0 Å². The van der Waals surface area contributed by atoms with Crippen LogP contribution in [0.2, 0.25) is 0 Å². The number of carboxylic acid groups (broad SMARTS) is 1. The Morgan fingerprint density at radius 2 is 1.92 bits per heavy atom. The third-order valence-electron chi connectivity index (χ3n) is 1.08. The molecule has 0 heterocycles. The number of alkyl halides is 3. The standard InChI is InChI=1S/C6H9F3O3/c7-6(8,9)3-1-2-4-12-5(10)11/h1-4H2,(H,10,11). The fourth-order valence-electron chi connectivity index (χ4n) is 0.587. The summed E-state index contributed by atoms with van der Waals surface area (Å²) in [4.78, 5) is 9.71. The number of hydrogen-bond acceptors (Lipinski definition) is 2. The first-order chi connectivity index (χ1) is 5.42. The summed E-state index contributed by atoms with van der Waals surface area (Å²) in [6.07, 6.45) is -6.51. The fraction of sp³-hybridized carbons (Fsp3) is 0.833. The summed E-state index contributed by atoms with van der Waals surface area (Å²) in [7, 11) is 0. The second-order valence-electron chi connectivity index (χ2n) is 2.19. The third-order valence-corrected chi connectivity index (χ3v) is 1.08. The summed E-state index contributed by atoms with van der Waals surface area (Å²) < 4.78 is 38.5. The number of ether oxygens (including phenoxy) is 1. The van der Waals surface area contributed by atoms with Crippen LogP contribution in [-0.4, -0.2) is 24.0 Å². The highest BCUT2D eigenvalue weighted by molar-refractivity contribution is 5.56. The molecule has 6 heteroatoms. The first-order valence-corrected chi connectivity index (χ1v) is 3.34. The van der Waals surface area contributed by atoms with Crippen molar-refractivity contribution in [2.75, 3.05) is 6.61 Å². The van der Waals surface area contributed by atoms with Gasteiger partial charge >= 0.3 is 12.3 Å². The zero-order chi connectivity index (χ0) is 9.61. The molecule has 0 unspecified atom stereocenters. The van der Waals surface area contributed by atoms with Crippen LogP contribution in [0.5, 0.6) is 0 Å². The maximum Gasteiger partial charge on any atom is 0.505 e. The molecule has 0 aliphatic heterocycles. The Kier molecular flexibility index (Phi) is 4.46. The minimum absolute atomic E-state index is 0.100. The van der Waals surface area contributed by atoms with Crippen molar-refractivity contribution >= 4 is 6.16 Å². The summed E-state index contributed by atoms with van der Waals surface area (Å²) in [6, 6.07) is 0. The van der Waals surface area contributed by atoms with Gasteiger partial charge in [0.25, 0.3) is 0 Å². The summed E-state index contributed by atoms with van der Waals surface area (Å²) in [6.45, 7) is -0.175. The van der Waals surface area contributed by atoms with E-state index in [9.17, 15) is 18.0 Å². The molecule has 1 N–H and O–H groups in total. The van der Waals surface area contributed by atoms with Crippen LogP contribution in [0.25, 0.3) is 0 Å². The molecule has 3 nitrogen and oxygen atoms in total. The van der Waals surface area contributed by atoms with Gasteiger partial charge in [-0.05, 0) is 12.8 Å². The summed E-state index contributed by atoms with van der Waals surface area (Å²) in [5, 5.41) is 7.93. The normalized spacial score (nSPS) is 11.2. The molecule has 12 heavy (non-hydrogen) atoms. The topological polar surface area (TPSA) is 46.5 Å². The molecular formula is C6H9F3O3. The number of hydrogen-bond donors (Lipinski definition) is 1. The van der Waals surface area contributed by atoms with Crippen LogP contribution in [0.1, 0.15) is 19.3 Å². The number of halogens is 3. The molecule has 0 aliphatic carbocycles. The van der Waals surface area contributed by atoms with Crippen LogP contribution in [-0.2, 0) is 4.74 Å². The van der Waals surface area contributed by atoms with E-state index in [1.165, 1.54) is 0 Å². The van der Waals surface area contributed by atoms with Gasteiger partial charge in [0.1, 0.15) is 0 Å². The Morgan fingerprint density at radius 3 is 2.33 bits per heavy atom. The van der Waals surface area contributed by atoms with E-state index in [0.29, 0.717) is 0 Å². The Bertz CT molecular complexity index is 143. The molecule has 0 bridgehead atoms. The lowest BCUT2D eigenvalue weighted by Gasteiger charge is -2.04. The lowest BCUT2D eigenvalue weighted by Crippen LogP contribution is -2.08. The fourth-order valence-corrected chi connectivity index (χ4v) is 0.587. The van der Waals surface area contributed by atoms with E-state index in [-0.39, 0.29) is 19.4 Å². The van der Waals surface area contributed by atoms with Gasteiger partial charge in [-0.1, -0.05) is 0 Å². The highest BCUT2D eigenvalue weighted by atomic mass is 19.4. The highest BCUT2D eigenvalue weighted by Gasteiger charge is 2.25. The predicted molar refractivity (Wildman–Crippen MR) is 33.9 cm³/mol. The van der Waals surface area contributed by atoms with Crippen LogP contribution >= 0.6 is 0 Å². The summed E-state index contributed by atoms with van der Waals surface area (Å²) in [5.41, 5.74) is 0. The monoisotopic (exact) mass is 186 g/mol. The SMILES string of the molecule is O=C(O)OCCCCC(F)(F)F. The third kappa shape index (κ3) is 9.06. The van der Waals surface area contributed by atoms with Crippen LogP contribution in [0.4, 0.5) is 18.0 Å². The second-order valence-corrected chi connectivity index (χ2v) is 2.19. The number of unbranched alkanes of at least 4 members (excludes halogenated alkanes) is 1. The molecule has 0 spiro atoms. The van der Waals surface area contributed by atoms with Crippen LogP contribution in [0.15, 0.2) is 0 Å². The molecule has 0 aliphatic rings. The van der Waals surface area contributed by atoms with Crippen molar-refractivity contribution in [1.82, 2.24) is 0 Å². The smallest absolute Gasteiger partial charge is 0.450 e. The average Bonchev–Trinajstić information content (AvgIpc) is 1.83. The van der Waals surface area contributed by atoms with Crippen LogP contribution in [0.3, 0.4) is 0 Å². The molecule has 0 radical (unpaired) electrons. The lowest BCUT2D eigenvalue weighted by atomic mass is 10.2. The molecule has 0 fully saturated rings. The largest absolute Gasteiger partial charge is 0.505 e. The van der Waals surface area contributed by atoms with E-state index in [4.69, 9.17) is 5.11 Å². The van der Waals surface area contributed by atoms with Crippen molar-refractivity contribution in [3.05, 3.63) is 0 Å². The lowest BCUT2D eigenvalue weighted by molar-refractivity contribution is -0.135. The average molecular weight is 186 g/mol. The van der Waals surface area contributed by atoms with E-state index in [0.717, 1.165) is 0 Å². The van der Waals surface area contributed by atoms with E-state index < -0.39 is 18.8 Å². The molecular weight excluding hydrogens is 177 g/mol. The second kappa shape index (κ2) is 4.84. The maximum atomic E-state index is 11.5. The molecule has 0 atom stereocenters. The molecule has 0 aromatic heterocycles. The van der Waals surface area contributed by atoms with E-state index in [1.54, 1.807) is 0 Å². The Hall–Kier alpha value is -0.940. The zero-order valence-electron chi connectivity index (χ0n) is 6.23. The molecule has 0 saturated carbocycles. The number of carbonyl (C=O) groups is 1. The van der Waals surface area contributed by atoms with Gasteiger partial charge in [-0.3, -0.25) is 0 Å². The Balaban J connectivity index is 3.17. The van der Waals surface area contributed by atoms with Crippen molar-refractivity contribution in [1.29, 1.82) is 0 Å². The van der Waals surface area contributed by atoms with Gasteiger partial charge in [0.2, 0.25) is 0 Å². The first kappa shape index (κ1) is 11.1. The molecule has 72 valence electrons. The molecule has 0 saturated heterocycles. The molecule has 0 rings (SSSR count). The van der Waals surface area contributed by atoms with E-state index >= 15 is 0 Å². The summed E-state index contributed by atoms with van der Waals surface area (Å²) in [5.74, 6) is 0. The van der Waals surface area contributed by atoms with Gasteiger partial charge in [0.05, 0.1) is 6.61 Å². The molecule has 0 aromatic carbocycles. The van der Waals surface area contributed by atoms with Crippen molar-refractivity contribution < 1.29 is 27.8 Å². The minimum atomic E-state index is -4.16. The summed E-state index contributed by atoms with van der Waals surface area (Å²) >= 11 is 0. The zero-order valence-corrected chi connectivity index (χ0v) is 6.23.